The Bertz CT molecular complexity index is 899. The minimum Gasteiger partial charge on any atom is -0.495 e. The van der Waals surface area contributed by atoms with Gasteiger partial charge in [-0.05, 0) is 49.4 Å². The topological polar surface area (TPSA) is 82.1 Å². The summed E-state index contributed by atoms with van der Waals surface area (Å²) in [5, 5.41) is 0.215. The number of halogens is 1. The first kappa shape index (κ1) is 20.9. The van der Waals surface area contributed by atoms with E-state index in [9.17, 15) is 13.2 Å². The molecular formula is C18H20ClNO6S. The Hall–Kier alpha value is -2.45. The normalized spacial score (nSPS) is 11.0. The van der Waals surface area contributed by atoms with Crippen molar-refractivity contribution in [3.8, 4) is 11.5 Å². The molecule has 2 aromatic rings. The van der Waals surface area contributed by atoms with E-state index in [2.05, 4.69) is 4.74 Å². The molecule has 2 aromatic carbocycles. The minimum atomic E-state index is -4.05. The third-order valence-corrected chi connectivity index (χ3v) is 5.73. The van der Waals surface area contributed by atoms with Crippen molar-refractivity contribution < 1.29 is 27.4 Å². The lowest BCUT2D eigenvalue weighted by Gasteiger charge is -2.24. The van der Waals surface area contributed by atoms with Gasteiger partial charge in [-0.3, -0.25) is 9.10 Å². The van der Waals surface area contributed by atoms with Crippen LogP contribution >= 0.6 is 11.6 Å². The predicted molar refractivity (Wildman–Crippen MR) is 102 cm³/mol. The molecule has 0 unspecified atom stereocenters. The summed E-state index contributed by atoms with van der Waals surface area (Å²) in [7, 11) is -1.42. The number of hydrogen-bond acceptors (Lipinski definition) is 6. The van der Waals surface area contributed by atoms with Crippen molar-refractivity contribution in [2.24, 2.45) is 0 Å². The molecule has 27 heavy (non-hydrogen) atoms. The highest BCUT2D eigenvalue weighted by molar-refractivity contribution is 7.92. The molecule has 0 radical (unpaired) electrons. The average Bonchev–Trinajstić information content (AvgIpc) is 2.66. The Morgan fingerprint density at radius 2 is 1.78 bits per heavy atom. The summed E-state index contributed by atoms with van der Waals surface area (Å²) in [6.45, 7) is 1.79. The van der Waals surface area contributed by atoms with Gasteiger partial charge in [0.15, 0.2) is 0 Å². The van der Waals surface area contributed by atoms with Gasteiger partial charge in [-0.15, -0.1) is 0 Å². The van der Waals surface area contributed by atoms with Gasteiger partial charge in [0, 0.05) is 0 Å². The van der Waals surface area contributed by atoms with Crippen molar-refractivity contribution in [2.45, 2.75) is 11.8 Å². The van der Waals surface area contributed by atoms with Crippen LogP contribution in [-0.4, -0.2) is 41.8 Å². The molecule has 0 amide bonds. The van der Waals surface area contributed by atoms with E-state index in [1.54, 1.807) is 12.1 Å². The number of hydrogen-bond donors (Lipinski definition) is 0. The third kappa shape index (κ3) is 4.84. The highest BCUT2D eigenvalue weighted by Crippen LogP contribution is 2.32. The average molecular weight is 414 g/mol. The maximum absolute atomic E-state index is 13.1. The zero-order chi connectivity index (χ0) is 20.0. The van der Waals surface area contributed by atoms with E-state index >= 15 is 0 Å². The number of anilines is 1. The molecule has 0 aromatic heterocycles. The summed E-state index contributed by atoms with van der Waals surface area (Å²) >= 11 is 6.12. The first-order valence-electron chi connectivity index (χ1n) is 7.99. The van der Waals surface area contributed by atoms with Crippen LogP contribution < -0.4 is 13.8 Å². The number of nitrogens with zero attached hydrogens (tertiary/aromatic N) is 1. The third-order valence-electron chi connectivity index (χ3n) is 3.65. The molecule has 0 atom stereocenters. The summed E-state index contributed by atoms with van der Waals surface area (Å²) in [5.41, 5.74) is 0.208. The van der Waals surface area contributed by atoms with Crippen LogP contribution in [0, 0.1) is 0 Å². The smallest absolute Gasteiger partial charge is 0.326 e. The zero-order valence-electron chi connectivity index (χ0n) is 15.1. The van der Waals surface area contributed by atoms with Crippen molar-refractivity contribution in [1.29, 1.82) is 0 Å². The van der Waals surface area contributed by atoms with Crippen molar-refractivity contribution >= 4 is 33.3 Å². The van der Waals surface area contributed by atoms with Gasteiger partial charge in [0.25, 0.3) is 10.0 Å². The number of methoxy groups -OCH3 is 2. The Morgan fingerprint density at radius 3 is 2.30 bits per heavy atom. The molecule has 0 saturated carbocycles. The quantitative estimate of drug-likeness (QED) is 0.618. The summed E-state index contributed by atoms with van der Waals surface area (Å²) in [4.78, 5) is 11.8. The Balaban J connectivity index is 2.48. The number of benzene rings is 2. The van der Waals surface area contributed by atoms with E-state index in [-0.39, 0.29) is 15.6 Å². The summed E-state index contributed by atoms with van der Waals surface area (Å²) in [6.07, 6.45) is 0. The highest BCUT2D eigenvalue weighted by Gasteiger charge is 2.28. The summed E-state index contributed by atoms with van der Waals surface area (Å²) in [5.74, 6) is 0.219. The molecule has 2 rings (SSSR count). The van der Waals surface area contributed by atoms with Crippen molar-refractivity contribution in [3.63, 3.8) is 0 Å². The van der Waals surface area contributed by atoms with E-state index in [0.29, 0.717) is 18.1 Å². The molecule has 0 heterocycles. The first-order valence-corrected chi connectivity index (χ1v) is 9.81. The molecule has 0 fully saturated rings. The Kier molecular flexibility index (Phi) is 6.92. The Morgan fingerprint density at radius 1 is 1.11 bits per heavy atom. The van der Waals surface area contributed by atoms with E-state index in [4.69, 9.17) is 21.1 Å². The second-order valence-corrected chi connectivity index (χ2v) is 7.58. The van der Waals surface area contributed by atoms with Gasteiger partial charge in [-0.1, -0.05) is 11.6 Å². The van der Waals surface area contributed by atoms with Crippen molar-refractivity contribution in [2.75, 3.05) is 31.7 Å². The molecule has 0 spiro atoms. The van der Waals surface area contributed by atoms with Gasteiger partial charge in [-0.25, -0.2) is 8.42 Å². The fourth-order valence-corrected chi connectivity index (χ4v) is 3.96. The molecule has 0 saturated heterocycles. The number of rotatable bonds is 8. The van der Waals surface area contributed by atoms with Crippen LogP contribution in [0.3, 0.4) is 0 Å². The maximum Gasteiger partial charge on any atom is 0.326 e. The van der Waals surface area contributed by atoms with Gasteiger partial charge in [0.05, 0.1) is 36.4 Å². The number of esters is 1. The fraction of sp³-hybridized carbons (Fsp3) is 0.278. The highest BCUT2D eigenvalue weighted by atomic mass is 35.5. The van der Waals surface area contributed by atoms with E-state index in [1.165, 1.54) is 44.6 Å². The van der Waals surface area contributed by atoms with Gasteiger partial charge in [0.2, 0.25) is 0 Å². The van der Waals surface area contributed by atoms with Crippen LogP contribution in [0.1, 0.15) is 6.92 Å². The molecule has 0 aliphatic rings. The van der Waals surface area contributed by atoms with Crippen LogP contribution in [0.15, 0.2) is 47.4 Å². The van der Waals surface area contributed by atoms with Gasteiger partial charge in [-0.2, -0.15) is 0 Å². The van der Waals surface area contributed by atoms with E-state index in [0.717, 1.165) is 4.31 Å². The monoisotopic (exact) mass is 413 g/mol. The van der Waals surface area contributed by atoms with Gasteiger partial charge >= 0.3 is 5.97 Å². The molecule has 9 heteroatoms. The van der Waals surface area contributed by atoms with Crippen LogP contribution in [0.2, 0.25) is 5.02 Å². The van der Waals surface area contributed by atoms with E-state index < -0.39 is 22.5 Å². The zero-order valence-corrected chi connectivity index (χ0v) is 16.7. The van der Waals surface area contributed by atoms with Gasteiger partial charge < -0.3 is 14.2 Å². The molecule has 146 valence electrons. The number of carbonyl (C=O) groups excluding carboxylic acids is 1. The maximum atomic E-state index is 13.1. The van der Waals surface area contributed by atoms with Crippen molar-refractivity contribution in [1.82, 2.24) is 0 Å². The largest absolute Gasteiger partial charge is 0.495 e. The number of carbonyl (C=O) groups is 1. The Labute approximate surface area is 163 Å². The number of ether oxygens (including phenoxy) is 3. The molecule has 0 aliphatic heterocycles. The lowest BCUT2D eigenvalue weighted by Crippen LogP contribution is -2.36. The lowest BCUT2D eigenvalue weighted by atomic mass is 10.3. The fourth-order valence-electron chi connectivity index (χ4n) is 2.31. The molecule has 0 aliphatic carbocycles. The van der Waals surface area contributed by atoms with Crippen LogP contribution in [0.5, 0.6) is 11.5 Å². The van der Waals surface area contributed by atoms with Gasteiger partial charge in [0.1, 0.15) is 18.0 Å². The van der Waals surface area contributed by atoms with E-state index in [1.807, 2.05) is 6.92 Å². The molecular weight excluding hydrogens is 394 g/mol. The molecule has 0 bridgehead atoms. The van der Waals surface area contributed by atoms with Crippen LogP contribution in [0.4, 0.5) is 5.69 Å². The van der Waals surface area contributed by atoms with Crippen LogP contribution in [-0.2, 0) is 19.6 Å². The molecule has 0 N–H and O–H groups in total. The van der Waals surface area contributed by atoms with Crippen molar-refractivity contribution in [3.05, 3.63) is 47.5 Å². The standard InChI is InChI=1S/C18H20ClNO6S/c1-4-26-14-6-8-15(9-7-14)27(22,23)20(12-18(21)25-3)13-5-10-17(24-2)16(19)11-13/h5-11H,4,12H2,1-3H3. The SMILES string of the molecule is CCOc1ccc(S(=O)(=O)N(CC(=O)OC)c2ccc(OC)c(Cl)c2)cc1. The predicted octanol–water partition coefficient (Wildman–Crippen LogP) is 3.12. The summed E-state index contributed by atoms with van der Waals surface area (Å²) in [6, 6.07) is 10.4. The first-order chi connectivity index (χ1) is 12.8. The minimum absolute atomic E-state index is 0.00166. The second kappa shape index (κ2) is 8.96. The molecule has 7 nitrogen and oxygen atoms in total. The summed E-state index contributed by atoms with van der Waals surface area (Å²) < 4.78 is 42.2. The number of sulfonamides is 1. The van der Waals surface area contributed by atoms with Crippen LogP contribution in [0.25, 0.3) is 0 Å². The lowest BCUT2D eigenvalue weighted by molar-refractivity contribution is -0.138. The second-order valence-electron chi connectivity index (χ2n) is 5.31.